The minimum absolute atomic E-state index is 0.745. The van der Waals surface area contributed by atoms with Crippen LogP contribution in [0, 0.1) is 3.95 Å². The molecule has 1 saturated heterocycles. The number of anilines is 2. The van der Waals surface area contributed by atoms with E-state index in [4.69, 9.17) is 24.4 Å². The molecule has 1 aromatic heterocycles. The van der Waals surface area contributed by atoms with Crippen LogP contribution in [0.15, 0.2) is 46.9 Å². The Labute approximate surface area is 166 Å². The molecule has 0 atom stereocenters. The van der Waals surface area contributed by atoms with Gasteiger partial charge in [-0.05, 0) is 54.7 Å². The van der Waals surface area contributed by atoms with Crippen LogP contribution >= 0.6 is 63.5 Å². The summed E-state index contributed by atoms with van der Waals surface area (Å²) in [5.74, 6) is 0.863. The highest BCUT2D eigenvalue weighted by Crippen LogP contribution is 2.32. The minimum atomic E-state index is 0.745. The SMILES string of the molecule is S=C1SCN(c2ccc(Br)cc2)CN1c1ccc2[nH]c(=S)sc2c1. The van der Waals surface area contributed by atoms with E-state index in [9.17, 15) is 0 Å². The summed E-state index contributed by atoms with van der Waals surface area (Å²) in [6.45, 7) is 0.745. The molecule has 0 aliphatic carbocycles. The van der Waals surface area contributed by atoms with Gasteiger partial charge in [-0.1, -0.05) is 39.9 Å². The monoisotopic (exact) mass is 453 g/mol. The summed E-state index contributed by atoms with van der Waals surface area (Å²) in [5.41, 5.74) is 3.37. The van der Waals surface area contributed by atoms with Crippen molar-refractivity contribution in [3.8, 4) is 0 Å². The van der Waals surface area contributed by atoms with Crippen LogP contribution in [0.4, 0.5) is 11.4 Å². The van der Waals surface area contributed by atoms with Crippen molar-refractivity contribution in [2.75, 3.05) is 22.3 Å². The van der Waals surface area contributed by atoms with Gasteiger partial charge in [-0.25, -0.2) is 0 Å². The molecule has 0 radical (unpaired) electrons. The summed E-state index contributed by atoms with van der Waals surface area (Å²) in [4.78, 5) is 7.69. The van der Waals surface area contributed by atoms with E-state index in [1.807, 2.05) is 0 Å². The highest BCUT2D eigenvalue weighted by molar-refractivity contribution is 9.10. The maximum absolute atomic E-state index is 5.59. The maximum Gasteiger partial charge on any atom is 0.159 e. The van der Waals surface area contributed by atoms with E-state index in [0.29, 0.717) is 0 Å². The Balaban J connectivity index is 1.65. The number of thiocarbonyl (C=S) groups is 1. The third-order valence-corrected chi connectivity index (χ3v) is 6.99. The Kier molecular flexibility index (Phi) is 4.66. The van der Waals surface area contributed by atoms with Gasteiger partial charge in [-0.3, -0.25) is 0 Å². The fourth-order valence-electron chi connectivity index (χ4n) is 2.58. The number of rotatable bonds is 2. The molecule has 0 bridgehead atoms. The Hall–Kier alpha value is -0.930. The van der Waals surface area contributed by atoms with Gasteiger partial charge in [-0.15, -0.1) is 11.3 Å². The lowest BCUT2D eigenvalue weighted by Gasteiger charge is -2.38. The molecular weight excluding hydrogens is 442 g/mol. The van der Waals surface area contributed by atoms with Crippen LogP contribution in [-0.2, 0) is 0 Å². The molecule has 8 heteroatoms. The second kappa shape index (κ2) is 6.76. The molecule has 0 unspecified atom stereocenters. The number of H-pyrrole nitrogens is 1. The van der Waals surface area contributed by atoms with Crippen molar-refractivity contribution in [2.45, 2.75) is 0 Å². The molecule has 3 nitrogen and oxygen atoms in total. The van der Waals surface area contributed by atoms with Crippen molar-refractivity contribution in [3.05, 3.63) is 50.9 Å². The molecule has 1 fully saturated rings. The van der Waals surface area contributed by atoms with E-state index in [1.165, 1.54) is 5.69 Å². The second-order valence-corrected chi connectivity index (χ2v) is 9.53. The molecule has 2 aromatic carbocycles. The van der Waals surface area contributed by atoms with Crippen molar-refractivity contribution < 1.29 is 0 Å². The fourth-order valence-corrected chi connectivity index (χ4v) is 5.13. The maximum atomic E-state index is 5.59. The van der Waals surface area contributed by atoms with Gasteiger partial charge in [0.15, 0.2) is 3.95 Å². The van der Waals surface area contributed by atoms with Gasteiger partial charge in [0.1, 0.15) is 4.32 Å². The first-order valence-electron chi connectivity index (χ1n) is 7.18. The first-order chi connectivity index (χ1) is 11.6. The smallest absolute Gasteiger partial charge is 0.159 e. The highest BCUT2D eigenvalue weighted by atomic mass is 79.9. The Morgan fingerprint density at radius 1 is 1.04 bits per heavy atom. The predicted molar refractivity (Wildman–Crippen MR) is 116 cm³/mol. The molecule has 0 spiro atoms. The lowest BCUT2D eigenvalue weighted by Crippen LogP contribution is -2.45. The number of benzene rings is 2. The van der Waals surface area contributed by atoms with Crippen LogP contribution in [0.3, 0.4) is 0 Å². The predicted octanol–water partition coefficient (Wildman–Crippen LogP) is 5.98. The van der Waals surface area contributed by atoms with Gasteiger partial charge in [0.05, 0.1) is 22.8 Å². The Morgan fingerprint density at radius 2 is 1.79 bits per heavy atom. The van der Waals surface area contributed by atoms with Crippen molar-refractivity contribution in [1.29, 1.82) is 0 Å². The van der Waals surface area contributed by atoms with Crippen molar-refractivity contribution in [1.82, 2.24) is 4.98 Å². The van der Waals surface area contributed by atoms with Crippen molar-refractivity contribution in [3.63, 3.8) is 0 Å². The number of nitrogens with zero attached hydrogens (tertiary/aromatic N) is 2. The number of nitrogens with one attached hydrogen (secondary N) is 1. The summed E-state index contributed by atoms with van der Waals surface area (Å²) in [7, 11) is 0. The molecule has 2 heterocycles. The summed E-state index contributed by atoms with van der Waals surface area (Å²) in [5, 5.41) is 0. The highest BCUT2D eigenvalue weighted by Gasteiger charge is 2.23. The number of hydrogen-bond acceptors (Lipinski definition) is 5. The largest absolute Gasteiger partial charge is 0.344 e. The topological polar surface area (TPSA) is 22.3 Å². The van der Waals surface area contributed by atoms with Gasteiger partial charge in [0.25, 0.3) is 0 Å². The van der Waals surface area contributed by atoms with Crippen LogP contribution in [0.1, 0.15) is 0 Å². The van der Waals surface area contributed by atoms with Crippen LogP contribution in [-0.4, -0.2) is 21.8 Å². The van der Waals surface area contributed by atoms with Gasteiger partial charge >= 0.3 is 0 Å². The Bertz CT molecular complexity index is 963. The second-order valence-electron chi connectivity index (χ2n) is 5.32. The number of hydrogen-bond donors (Lipinski definition) is 1. The minimum Gasteiger partial charge on any atom is -0.344 e. The molecule has 4 rings (SSSR count). The molecular formula is C16H12BrN3S4. The average molecular weight is 454 g/mol. The lowest BCUT2D eigenvalue weighted by atomic mass is 10.2. The lowest BCUT2D eigenvalue weighted by molar-refractivity contribution is 0.889. The summed E-state index contributed by atoms with van der Waals surface area (Å²) in [6.07, 6.45) is 0. The van der Waals surface area contributed by atoms with E-state index in [2.05, 4.69) is 73.2 Å². The number of aromatic nitrogens is 1. The number of aromatic amines is 1. The van der Waals surface area contributed by atoms with Crippen molar-refractivity contribution >= 4 is 89.4 Å². The first kappa shape index (κ1) is 16.5. The standard InChI is InChI=1S/C16H12BrN3S4/c17-10-1-3-11(4-2-10)19-8-20(16(22)23-9-19)12-5-6-13-14(7-12)24-15(21)18-13/h1-7H,8-9H2,(H,18,21). The average Bonchev–Trinajstić information content (AvgIpc) is 2.95. The van der Waals surface area contributed by atoms with Crippen LogP contribution in [0.2, 0.25) is 0 Å². The number of thioether (sulfide) groups is 1. The number of fused-ring (bicyclic) bond motifs is 1. The molecule has 0 saturated carbocycles. The summed E-state index contributed by atoms with van der Waals surface area (Å²) >= 11 is 17.6. The Morgan fingerprint density at radius 3 is 2.58 bits per heavy atom. The number of halogens is 1. The molecule has 24 heavy (non-hydrogen) atoms. The summed E-state index contributed by atoms with van der Waals surface area (Å²) in [6, 6.07) is 14.7. The van der Waals surface area contributed by atoms with Crippen LogP contribution < -0.4 is 9.80 Å². The zero-order chi connectivity index (χ0) is 16.7. The number of thiazole rings is 1. The van der Waals surface area contributed by atoms with E-state index in [0.717, 1.165) is 41.2 Å². The molecule has 0 amide bonds. The van der Waals surface area contributed by atoms with Crippen LogP contribution in [0.5, 0.6) is 0 Å². The molecule has 122 valence electrons. The third-order valence-electron chi connectivity index (χ3n) is 3.78. The van der Waals surface area contributed by atoms with Gasteiger partial charge in [0, 0.05) is 15.8 Å². The third kappa shape index (κ3) is 3.25. The van der Waals surface area contributed by atoms with Gasteiger partial charge < -0.3 is 14.8 Å². The normalized spacial score (nSPS) is 15.3. The van der Waals surface area contributed by atoms with Crippen LogP contribution in [0.25, 0.3) is 10.2 Å². The molecule has 1 aliphatic heterocycles. The quantitative estimate of drug-likeness (QED) is 0.480. The zero-order valence-electron chi connectivity index (χ0n) is 12.4. The van der Waals surface area contributed by atoms with E-state index < -0.39 is 0 Å². The van der Waals surface area contributed by atoms with E-state index in [-0.39, 0.29) is 0 Å². The molecule has 1 N–H and O–H groups in total. The first-order valence-corrected chi connectivity index (χ1v) is 10.6. The van der Waals surface area contributed by atoms with E-state index in [1.54, 1.807) is 23.1 Å². The van der Waals surface area contributed by atoms with Gasteiger partial charge in [-0.2, -0.15) is 0 Å². The molecule has 3 aromatic rings. The van der Waals surface area contributed by atoms with Gasteiger partial charge in [0.2, 0.25) is 0 Å². The van der Waals surface area contributed by atoms with E-state index >= 15 is 0 Å². The fraction of sp³-hybridized carbons (Fsp3) is 0.125. The summed E-state index contributed by atoms with van der Waals surface area (Å²) < 4.78 is 3.95. The molecule has 1 aliphatic rings. The van der Waals surface area contributed by atoms with Crippen molar-refractivity contribution in [2.24, 2.45) is 0 Å². The zero-order valence-corrected chi connectivity index (χ0v) is 17.2.